The maximum atomic E-state index is 12.5. The third kappa shape index (κ3) is 2.78. The van der Waals surface area contributed by atoms with Crippen LogP contribution in [0.3, 0.4) is 0 Å². The van der Waals surface area contributed by atoms with Crippen LogP contribution in [-0.2, 0) is 4.79 Å². The van der Waals surface area contributed by atoms with Gasteiger partial charge in [0, 0.05) is 11.0 Å². The monoisotopic (exact) mass is 339 g/mol. The van der Waals surface area contributed by atoms with Gasteiger partial charge in [-0.1, -0.05) is 78.9 Å². The van der Waals surface area contributed by atoms with E-state index in [1.54, 1.807) is 0 Å². The van der Waals surface area contributed by atoms with Crippen molar-refractivity contribution >= 4 is 28.0 Å². The van der Waals surface area contributed by atoms with E-state index in [9.17, 15) is 4.79 Å². The first-order valence-corrected chi connectivity index (χ1v) is 8.34. The molecule has 0 atom stereocenters. The van der Waals surface area contributed by atoms with Gasteiger partial charge in [-0.15, -0.1) is 0 Å². The highest BCUT2D eigenvalue weighted by molar-refractivity contribution is 6.29. The number of amides is 1. The second-order valence-corrected chi connectivity index (χ2v) is 5.96. The second kappa shape index (κ2) is 6.69. The topological polar surface area (TPSA) is 71.8 Å². The van der Waals surface area contributed by atoms with Gasteiger partial charge in [0.25, 0.3) is 0 Å². The normalized spacial score (nSPS) is 12.0. The highest BCUT2D eigenvalue weighted by atomic mass is 16.1. The van der Waals surface area contributed by atoms with Crippen molar-refractivity contribution in [3.63, 3.8) is 0 Å². The van der Waals surface area contributed by atoms with Gasteiger partial charge in [0.1, 0.15) is 5.69 Å². The Bertz CT molecular complexity index is 1100. The van der Waals surface area contributed by atoms with Gasteiger partial charge in [-0.25, -0.2) is 0 Å². The van der Waals surface area contributed by atoms with E-state index in [4.69, 9.17) is 5.73 Å². The molecule has 0 saturated carbocycles. The number of fused-ring (bicyclic) bond motifs is 1. The number of benzene rings is 3. The Morgan fingerprint density at radius 1 is 0.769 bits per heavy atom. The average molecular weight is 339 g/mol. The Hall–Kier alpha value is -3.66. The molecule has 1 amide bonds. The molecule has 0 unspecified atom stereocenters. The third-order valence-corrected chi connectivity index (χ3v) is 4.33. The lowest BCUT2D eigenvalue weighted by Gasteiger charge is -2.13. The Balaban J connectivity index is 2.10. The molecule has 0 radical (unpaired) electrons. The number of carbonyl (C=O) groups excluding carboxylic acids is 1. The lowest BCUT2D eigenvalue weighted by atomic mass is 9.90. The summed E-state index contributed by atoms with van der Waals surface area (Å²) in [4.78, 5) is 12.5. The number of aromatic amines is 1. The molecule has 1 aromatic heterocycles. The van der Waals surface area contributed by atoms with Crippen LogP contribution in [0.2, 0.25) is 0 Å². The van der Waals surface area contributed by atoms with E-state index < -0.39 is 5.91 Å². The highest BCUT2D eigenvalue weighted by Gasteiger charge is 2.21. The van der Waals surface area contributed by atoms with Gasteiger partial charge in [0.2, 0.25) is 5.91 Å². The van der Waals surface area contributed by atoms with Crippen LogP contribution in [0.15, 0.2) is 84.9 Å². The minimum absolute atomic E-state index is 0.453. The number of carbonyl (C=O) groups is 1. The molecule has 4 heteroatoms. The summed E-state index contributed by atoms with van der Waals surface area (Å²) >= 11 is 0. The fourth-order valence-corrected chi connectivity index (χ4v) is 3.17. The number of aromatic nitrogens is 2. The van der Waals surface area contributed by atoms with Crippen LogP contribution in [0.5, 0.6) is 0 Å². The zero-order valence-corrected chi connectivity index (χ0v) is 14.0. The minimum atomic E-state index is -0.484. The van der Waals surface area contributed by atoms with Crippen molar-refractivity contribution in [2.75, 3.05) is 0 Å². The van der Waals surface area contributed by atoms with E-state index in [0.717, 1.165) is 27.6 Å². The molecule has 3 N–H and O–H groups in total. The zero-order chi connectivity index (χ0) is 17.9. The summed E-state index contributed by atoms with van der Waals surface area (Å²) in [6.07, 6.45) is 0. The molecule has 1 heterocycles. The number of primary amides is 1. The van der Waals surface area contributed by atoms with Crippen molar-refractivity contribution in [1.82, 2.24) is 10.2 Å². The van der Waals surface area contributed by atoms with Gasteiger partial charge in [-0.3, -0.25) is 9.89 Å². The molecule has 4 rings (SSSR count). The Morgan fingerprint density at radius 2 is 1.35 bits per heavy atom. The number of hydrogen-bond donors (Lipinski definition) is 2. The molecule has 0 spiro atoms. The molecule has 0 saturated heterocycles. The maximum absolute atomic E-state index is 12.5. The predicted octanol–water partition coefficient (Wildman–Crippen LogP) is 4.01. The largest absolute Gasteiger partial charge is 0.366 e. The quantitative estimate of drug-likeness (QED) is 0.436. The van der Waals surface area contributed by atoms with Crippen LogP contribution in [0.4, 0.5) is 0 Å². The highest BCUT2D eigenvalue weighted by Crippen LogP contribution is 2.34. The Labute approximate surface area is 151 Å². The van der Waals surface area contributed by atoms with Crippen molar-refractivity contribution in [1.29, 1.82) is 0 Å². The predicted molar refractivity (Wildman–Crippen MR) is 104 cm³/mol. The maximum Gasteiger partial charge on any atom is 0.250 e. The molecule has 4 nitrogen and oxygen atoms in total. The van der Waals surface area contributed by atoms with Gasteiger partial charge in [-0.2, -0.15) is 5.10 Å². The van der Waals surface area contributed by atoms with Crippen molar-refractivity contribution in [3.8, 4) is 0 Å². The van der Waals surface area contributed by atoms with Gasteiger partial charge in [0.15, 0.2) is 0 Å². The first-order chi connectivity index (χ1) is 12.8. The summed E-state index contributed by atoms with van der Waals surface area (Å²) in [5.74, 6) is -0.484. The second-order valence-electron chi connectivity index (χ2n) is 5.96. The summed E-state index contributed by atoms with van der Waals surface area (Å²) in [5, 5.41) is 8.50. The number of hydrogen-bond acceptors (Lipinski definition) is 2. The number of rotatable bonds is 4. The molecular formula is C22H17N3O. The summed E-state index contributed by atoms with van der Waals surface area (Å²) < 4.78 is 0. The minimum Gasteiger partial charge on any atom is -0.366 e. The van der Waals surface area contributed by atoms with Crippen LogP contribution in [0.25, 0.3) is 22.0 Å². The summed E-state index contributed by atoms with van der Waals surface area (Å²) in [7, 11) is 0. The van der Waals surface area contributed by atoms with Gasteiger partial charge < -0.3 is 5.73 Å². The van der Waals surface area contributed by atoms with E-state index in [2.05, 4.69) is 10.2 Å². The number of nitrogens with two attached hydrogens (primary N) is 1. The Morgan fingerprint density at radius 3 is 2.00 bits per heavy atom. The van der Waals surface area contributed by atoms with Gasteiger partial charge in [-0.05, 0) is 17.2 Å². The molecule has 26 heavy (non-hydrogen) atoms. The van der Waals surface area contributed by atoms with E-state index in [1.807, 2.05) is 84.9 Å². The van der Waals surface area contributed by atoms with E-state index in [-0.39, 0.29) is 0 Å². The molecular weight excluding hydrogens is 322 g/mol. The molecule has 0 bridgehead atoms. The number of H-pyrrole nitrogens is 1. The zero-order valence-electron chi connectivity index (χ0n) is 14.0. The van der Waals surface area contributed by atoms with Crippen molar-refractivity contribution in [3.05, 3.63) is 102 Å². The molecule has 3 aromatic carbocycles. The molecule has 0 aliphatic heterocycles. The van der Waals surface area contributed by atoms with Gasteiger partial charge in [0.05, 0.1) is 11.1 Å². The summed E-state index contributed by atoms with van der Waals surface area (Å²) in [6.45, 7) is 0. The average Bonchev–Trinajstić information content (AvgIpc) is 3.11. The van der Waals surface area contributed by atoms with Crippen molar-refractivity contribution in [2.24, 2.45) is 5.73 Å². The van der Waals surface area contributed by atoms with E-state index in [0.29, 0.717) is 11.3 Å². The van der Waals surface area contributed by atoms with Crippen LogP contribution >= 0.6 is 0 Å². The third-order valence-electron chi connectivity index (χ3n) is 4.33. The lowest BCUT2D eigenvalue weighted by Crippen LogP contribution is -2.15. The van der Waals surface area contributed by atoms with Crippen LogP contribution in [0, 0.1) is 0 Å². The molecule has 0 aliphatic carbocycles. The fourth-order valence-electron chi connectivity index (χ4n) is 3.17. The first kappa shape index (κ1) is 15.8. The molecule has 0 fully saturated rings. The molecule has 4 aromatic rings. The number of para-hydroxylation sites is 1. The smallest absolute Gasteiger partial charge is 0.250 e. The van der Waals surface area contributed by atoms with E-state index >= 15 is 0 Å². The molecule has 126 valence electrons. The fraction of sp³-hybridized carbons (Fsp3) is 0. The van der Waals surface area contributed by atoms with Crippen molar-refractivity contribution in [2.45, 2.75) is 0 Å². The van der Waals surface area contributed by atoms with Crippen LogP contribution < -0.4 is 5.73 Å². The lowest BCUT2D eigenvalue weighted by molar-refractivity contribution is -0.112. The molecule has 0 aliphatic rings. The summed E-state index contributed by atoms with van der Waals surface area (Å²) in [5.41, 5.74) is 10.3. The Kier molecular flexibility index (Phi) is 4.07. The van der Waals surface area contributed by atoms with Crippen LogP contribution in [0.1, 0.15) is 16.8 Å². The SMILES string of the molecule is NC(=O)C(=C(c1ccccc1)c1n[nH]c2ccccc12)c1ccccc1. The number of nitrogens with one attached hydrogen (secondary N) is 1. The summed E-state index contributed by atoms with van der Waals surface area (Å²) in [6, 6.07) is 27.1. The standard InChI is InChI=1S/C22H17N3O/c23-22(26)20(16-11-5-2-6-12-16)19(15-9-3-1-4-10-15)21-17-13-7-8-14-18(17)24-25-21/h1-14H,(H2,23,26)(H,24,25). The van der Waals surface area contributed by atoms with Gasteiger partial charge >= 0.3 is 0 Å². The van der Waals surface area contributed by atoms with E-state index in [1.165, 1.54) is 0 Å². The first-order valence-electron chi connectivity index (χ1n) is 8.34. The van der Waals surface area contributed by atoms with Crippen molar-refractivity contribution < 1.29 is 4.79 Å². The van der Waals surface area contributed by atoms with Crippen LogP contribution in [-0.4, -0.2) is 16.1 Å². The number of nitrogens with zero attached hydrogens (tertiary/aromatic N) is 1.